The van der Waals surface area contributed by atoms with Gasteiger partial charge in [0.25, 0.3) is 5.91 Å². The highest BCUT2D eigenvalue weighted by molar-refractivity contribution is 7.46. The molecule has 0 saturated heterocycles. The van der Waals surface area contributed by atoms with E-state index < -0.39 is 19.5 Å². The molecule has 1 saturated carbocycles. The fraction of sp³-hybridized carbons (Fsp3) is 0.240. The van der Waals surface area contributed by atoms with Gasteiger partial charge in [0.1, 0.15) is 18.0 Å². The van der Waals surface area contributed by atoms with E-state index in [2.05, 4.69) is 35.1 Å². The number of amides is 1. The van der Waals surface area contributed by atoms with Crippen molar-refractivity contribution >= 4 is 53.7 Å². The summed E-state index contributed by atoms with van der Waals surface area (Å²) >= 11 is 5.74. The second-order valence-electron chi connectivity index (χ2n) is 9.10. The first-order valence-corrected chi connectivity index (χ1v) is 14.0. The molecule has 4 N–H and O–H groups in total. The predicted octanol–water partition coefficient (Wildman–Crippen LogP) is 4.34. The summed E-state index contributed by atoms with van der Waals surface area (Å²) < 4.78 is 40.3. The number of halogens is 2. The van der Waals surface area contributed by atoms with Gasteiger partial charge >= 0.3 is 7.82 Å². The minimum absolute atomic E-state index is 0.00976. The molecule has 16 heteroatoms. The van der Waals surface area contributed by atoms with Crippen LogP contribution in [0.25, 0.3) is 10.9 Å². The molecule has 1 fully saturated rings. The molecule has 2 atom stereocenters. The Hall–Kier alpha value is -3.94. The number of hydrogen-bond acceptors (Lipinski definition) is 10. The zero-order chi connectivity index (χ0) is 29.1. The number of aromatic nitrogens is 4. The zero-order valence-electron chi connectivity index (χ0n) is 21.3. The van der Waals surface area contributed by atoms with E-state index >= 15 is 0 Å². The van der Waals surface area contributed by atoms with E-state index in [1.165, 1.54) is 38.0 Å². The molecule has 41 heavy (non-hydrogen) atoms. The van der Waals surface area contributed by atoms with Crippen molar-refractivity contribution in [1.29, 1.82) is 0 Å². The Morgan fingerprint density at radius 1 is 1.10 bits per heavy atom. The van der Waals surface area contributed by atoms with Crippen molar-refractivity contribution < 1.29 is 37.5 Å². The van der Waals surface area contributed by atoms with Crippen LogP contribution >= 0.6 is 19.4 Å². The maximum atomic E-state index is 13.4. The fourth-order valence-electron chi connectivity index (χ4n) is 3.95. The van der Waals surface area contributed by atoms with Crippen LogP contribution in [0.15, 0.2) is 49.1 Å². The highest BCUT2D eigenvalue weighted by Gasteiger charge is 2.39. The van der Waals surface area contributed by atoms with Gasteiger partial charge in [-0.3, -0.25) is 14.6 Å². The molecule has 214 valence electrons. The first-order valence-electron chi connectivity index (χ1n) is 12.1. The Morgan fingerprint density at radius 2 is 1.85 bits per heavy atom. The Kier molecular flexibility index (Phi) is 8.29. The lowest BCUT2D eigenvalue weighted by molar-refractivity contribution is 0.102. The Morgan fingerprint density at radius 3 is 2.56 bits per heavy atom. The zero-order valence-corrected chi connectivity index (χ0v) is 23.0. The molecule has 0 bridgehead atoms. The normalized spacial score (nSPS) is 16.3. The number of carbonyl (C=O) groups excluding carboxylic acids is 1. The second kappa shape index (κ2) is 11.9. The van der Waals surface area contributed by atoms with Crippen LogP contribution in [0.1, 0.15) is 16.8 Å². The Bertz CT molecular complexity index is 1640. The predicted molar refractivity (Wildman–Crippen MR) is 146 cm³/mol. The van der Waals surface area contributed by atoms with Crippen LogP contribution in [0.4, 0.5) is 21.8 Å². The third-order valence-electron chi connectivity index (χ3n) is 6.22. The molecule has 2 aromatic heterocycles. The fourth-order valence-corrected chi connectivity index (χ4v) is 4.52. The smallest absolute Gasteiger partial charge is 0.469 e. The summed E-state index contributed by atoms with van der Waals surface area (Å²) in [6.45, 7) is 0.289. The number of methoxy groups -OCH3 is 1. The van der Waals surface area contributed by atoms with Crippen LogP contribution in [-0.2, 0) is 9.09 Å². The summed E-state index contributed by atoms with van der Waals surface area (Å²) in [6.07, 6.45) is 5.01. The van der Waals surface area contributed by atoms with E-state index in [-0.39, 0.29) is 35.0 Å². The topological polar surface area (TPSA) is 178 Å². The Balaban J connectivity index is 1.24. The summed E-state index contributed by atoms with van der Waals surface area (Å²) in [5, 5.41) is 6.09. The largest absolute Gasteiger partial charge is 0.493 e. The molecule has 2 unspecified atom stereocenters. The lowest BCUT2D eigenvalue weighted by atomic mass is 10.2. The number of carbonyl (C=O) groups is 1. The average molecular weight is 605 g/mol. The first-order chi connectivity index (χ1) is 19.6. The number of nitrogens with zero attached hydrogens (tertiary/aromatic N) is 4. The number of phosphoric acid groups is 1. The molecule has 5 rings (SSSR count). The van der Waals surface area contributed by atoms with Gasteiger partial charge < -0.3 is 24.6 Å². The van der Waals surface area contributed by atoms with Crippen molar-refractivity contribution in [3.63, 3.8) is 0 Å². The van der Waals surface area contributed by atoms with Crippen molar-refractivity contribution in [3.8, 4) is 11.5 Å². The molecule has 1 amide bonds. The van der Waals surface area contributed by atoms with Gasteiger partial charge in [-0.25, -0.2) is 28.9 Å². The van der Waals surface area contributed by atoms with Gasteiger partial charge in [0, 0.05) is 17.0 Å². The molecule has 4 aromatic rings. The van der Waals surface area contributed by atoms with Crippen molar-refractivity contribution in [1.82, 2.24) is 19.9 Å². The van der Waals surface area contributed by atoms with E-state index in [0.29, 0.717) is 40.5 Å². The Labute approximate surface area is 237 Å². The van der Waals surface area contributed by atoms with Gasteiger partial charge in [0.2, 0.25) is 5.95 Å². The van der Waals surface area contributed by atoms with Crippen LogP contribution < -0.4 is 20.1 Å². The third kappa shape index (κ3) is 7.23. The quantitative estimate of drug-likeness (QED) is 0.178. The van der Waals surface area contributed by atoms with Crippen LogP contribution in [0.3, 0.4) is 0 Å². The SMILES string of the molecule is COc1cc2c(Nc3cnc(NC(=O)c4ccc(F)c(Cl)c4)nc3)ncnc2cc1OCC1CC1COP(=O)(O)O. The highest BCUT2D eigenvalue weighted by atomic mass is 35.5. The van der Waals surface area contributed by atoms with E-state index in [4.69, 9.17) is 30.9 Å². The van der Waals surface area contributed by atoms with Gasteiger partial charge in [0.15, 0.2) is 11.5 Å². The molecule has 1 aliphatic carbocycles. The molecule has 13 nitrogen and oxygen atoms in total. The summed E-state index contributed by atoms with van der Waals surface area (Å²) in [5.74, 6) is 0.300. The van der Waals surface area contributed by atoms with Crippen molar-refractivity contribution in [3.05, 3.63) is 65.5 Å². The van der Waals surface area contributed by atoms with E-state index in [9.17, 15) is 13.8 Å². The summed E-state index contributed by atoms with van der Waals surface area (Å²) in [6, 6.07) is 7.03. The average Bonchev–Trinajstić information content (AvgIpc) is 3.71. The molecule has 0 aliphatic heterocycles. The van der Waals surface area contributed by atoms with E-state index in [1.807, 2.05) is 0 Å². The molecule has 1 aliphatic rings. The summed E-state index contributed by atoms with van der Waals surface area (Å²) in [4.78, 5) is 47.0. The number of nitrogens with one attached hydrogen (secondary N) is 2. The van der Waals surface area contributed by atoms with Crippen molar-refractivity contribution in [2.45, 2.75) is 6.42 Å². The number of ether oxygens (including phenoxy) is 2. The molecular formula is C25H23ClFN6O7P. The van der Waals surface area contributed by atoms with Gasteiger partial charge in [0.05, 0.1) is 48.9 Å². The summed E-state index contributed by atoms with van der Waals surface area (Å²) in [5.41, 5.74) is 1.19. The van der Waals surface area contributed by atoms with Gasteiger partial charge in [-0.15, -0.1) is 0 Å². The lowest BCUT2D eigenvalue weighted by Crippen LogP contribution is -2.14. The molecule has 2 heterocycles. The van der Waals surface area contributed by atoms with Gasteiger partial charge in [-0.1, -0.05) is 11.6 Å². The van der Waals surface area contributed by atoms with E-state index in [0.717, 1.165) is 12.5 Å². The van der Waals surface area contributed by atoms with Crippen molar-refractivity contribution in [2.24, 2.45) is 11.8 Å². The van der Waals surface area contributed by atoms with Crippen LogP contribution in [0.2, 0.25) is 5.02 Å². The minimum Gasteiger partial charge on any atom is -0.493 e. The first kappa shape index (κ1) is 28.6. The minimum atomic E-state index is -4.50. The highest BCUT2D eigenvalue weighted by Crippen LogP contribution is 2.45. The van der Waals surface area contributed by atoms with Crippen LogP contribution in [-0.4, -0.2) is 56.0 Å². The van der Waals surface area contributed by atoms with Crippen LogP contribution in [0.5, 0.6) is 11.5 Å². The standard InChI is InChI=1S/C25H23ClFN6O7P/c1-38-21-6-17-20(7-22(21)39-10-14-4-15(14)11-40-41(35,36)37)30-12-31-23(17)32-16-8-28-25(29-9-16)33-24(34)13-2-3-19(27)18(26)5-13/h2-3,5-9,12,14-15H,4,10-11H2,1H3,(H,30,31,32)(H2,35,36,37)(H,28,29,33,34). The molecule has 2 aromatic carbocycles. The maximum absolute atomic E-state index is 13.4. The lowest BCUT2D eigenvalue weighted by Gasteiger charge is -2.14. The van der Waals surface area contributed by atoms with E-state index in [1.54, 1.807) is 12.1 Å². The number of hydrogen-bond donors (Lipinski definition) is 4. The summed E-state index contributed by atoms with van der Waals surface area (Å²) in [7, 11) is -3.00. The second-order valence-corrected chi connectivity index (χ2v) is 10.7. The maximum Gasteiger partial charge on any atom is 0.469 e. The number of fused-ring (bicyclic) bond motifs is 1. The van der Waals surface area contributed by atoms with Gasteiger partial charge in [-0.2, -0.15) is 0 Å². The van der Waals surface area contributed by atoms with Gasteiger partial charge in [-0.05, 0) is 42.5 Å². The number of phosphoric ester groups is 1. The third-order valence-corrected chi connectivity index (χ3v) is 7.00. The number of benzene rings is 2. The molecule has 0 radical (unpaired) electrons. The van der Waals surface area contributed by atoms with Crippen LogP contribution in [0, 0.1) is 17.7 Å². The molecular weight excluding hydrogens is 582 g/mol. The number of rotatable bonds is 11. The van der Waals surface area contributed by atoms with Crippen molar-refractivity contribution in [2.75, 3.05) is 31.0 Å². The number of anilines is 3. The monoisotopic (exact) mass is 604 g/mol. The molecule has 0 spiro atoms.